The molecule has 0 aliphatic heterocycles. The Labute approximate surface area is 169 Å². The first-order chi connectivity index (χ1) is 13.7. The van der Waals surface area contributed by atoms with Crippen LogP contribution in [0.3, 0.4) is 0 Å². The molecule has 2 heterocycles. The minimum Gasteiger partial charge on any atom is -0.423 e. The number of rotatable bonds is 4. The third kappa shape index (κ3) is 3.34. The summed E-state index contributed by atoms with van der Waals surface area (Å²) in [6, 6.07) is 13.0. The summed E-state index contributed by atoms with van der Waals surface area (Å²) in [5.74, 6) is 0.957. The standard InChI is InChI=1S/C21H15ClN2O3S/c22-16-6-2-5-14(7-16)20-23-24-21(27-20)28-11-15-10-19(25)26-18-9-13-4-1-3-12(13)8-17(15)18/h2,5-10H,1,3-4,11H2. The van der Waals surface area contributed by atoms with Crippen molar-refractivity contribution in [3.8, 4) is 11.5 Å². The Morgan fingerprint density at radius 2 is 1.89 bits per heavy atom. The fourth-order valence-electron chi connectivity index (χ4n) is 3.56. The van der Waals surface area contributed by atoms with Gasteiger partial charge in [-0.25, -0.2) is 4.79 Å². The van der Waals surface area contributed by atoms with E-state index in [2.05, 4.69) is 16.3 Å². The van der Waals surface area contributed by atoms with Crippen molar-refractivity contribution < 1.29 is 8.83 Å². The van der Waals surface area contributed by atoms with E-state index in [1.165, 1.54) is 22.9 Å². The minimum absolute atomic E-state index is 0.341. The Balaban J connectivity index is 1.43. The lowest BCUT2D eigenvalue weighted by Crippen LogP contribution is -2.01. The van der Waals surface area contributed by atoms with Crippen LogP contribution in [0.15, 0.2) is 61.3 Å². The van der Waals surface area contributed by atoms with E-state index in [9.17, 15) is 4.79 Å². The number of benzene rings is 2. The molecule has 0 amide bonds. The summed E-state index contributed by atoms with van der Waals surface area (Å²) < 4.78 is 11.2. The largest absolute Gasteiger partial charge is 0.423 e. The van der Waals surface area contributed by atoms with E-state index < -0.39 is 0 Å². The number of aryl methyl sites for hydroxylation is 2. The van der Waals surface area contributed by atoms with Gasteiger partial charge in [-0.15, -0.1) is 10.2 Å². The van der Waals surface area contributed by atoms with Gasteiger partial charge in [0, 0.05) is 27.8 Å². The normalized spacial score (nSPS) is 13.2. The van der Waals surface area contributed by atoms with E-state index in [0.717, 1.165) is 35.8 Å². The van der Waals surface area contributed by atoms with Crippen LogP contribution >= 0.6 is 23.4 Å². The highest BCUT2D eigenvalue weighted by Crippen LogP contribution is 2.32. The van der Waals surface area contributed by atoms with Crippen molar-refractivity contribution in [3.63, 3.8) is 0 Å². The molecule has 1 aliphatic carbocycles. The van der Waals surface area contributed by atoms with Crippen molar-refractivity contribution >= 4 is 34.3 Å². The Kier molecular flexibility index (Phi) is 4.45. The predicted octanol–water partition coefficient (Wildman–Crippen LogP) is 5.28. The van der Waals surface area contributed by atoms with Gasteiger partial charge in [0.2, 0.25) is 5.89 Å². The summed E-state index contributed by atoms with van der Waals surface area (Å²) in [7, 11) is 0. The molecule has 0 radical (unpaired) electrons. The van der Waals surface area contributed by atoms with E-state index in [1.807, 2.05) is 18.2 Å². The van der Waals surface area contributed by atoms with Crippen LogP contribution in [0.2, 0.25) is 5.02 Å². The first-order valence-electron chi connectivity index (χ1n) is 8.96. The highest BCUT2D eigenvalue weighted by atomic mass is 35.5. The van der Waals surface area contributed by atoms with Crippen molar-refractivity contribution in [3.05, 3.63) is 74.6 Å². The number of hydrogen-bond donors (Lipinski definition) is 0. The van der Waals surface area contributed by atoms with E-state index in [0.29, 0.717) is 27.5 Å². The van der Waals surface area contributed by atoms with Crippen LogP contribution in [0, 0.1) is 0 Å². The molecule has 5 nitrogen and oxygen atoms in total. The van der Waals surface area contributed by atoms with Crippen LogP contribution in [0.1, 0.15) is 23.1 Å². The van der Waals surface area contributed by atoms with Crippen molar-refractivity contribution in [1.82, 2.24) is 10.2 Å². The van der Waals surface area contributed by atoms with Gasteiger partial charge >= 0.3 is 5.63 Å². The number of fused-ring (bicyclic) bond motifs is 2. The third-order valence-electron chi connectivity index (χ3n) is 4.87. The maximum absolute atomic E-state index is 12.0. The molecular weight excluding hydrogens is 396 g/mol. The highest BCUT2D eigenvalue weighted by molar-refractivity contribution is 7.98. The highest BCUT2D eigenvalue weighted by Gasteiger charge is 2.16. The molecule has 0 fully saturated rings. The van der Waals surface area contributed by atoms with Crippen LogP contribution in [0.25, 0.3) is 22.4 Å². The zero-order valence-corrected chi connectivity index (χ0v) is 16.3. The van der Waals surface area contributed by atoms with Crippen molar-refractivity contribution in [2.75, 3.05) is 0 Å². The molecular formula is C21H15ClN2O3S. The molecule has 2 aromatic heterocycles. The first kappa shape index (κ1) is 17.5. The zero-order chi connectivity index (χ0) is 19.1. The number of nitrogens with zero attached hydrogens (tertiary/aromatic N) is 2. The lowest BCUT2D eigenvalue weighted by molar-refractivity contribution is 0.466. The molecule has 0 N–H and O–H groups in total. The van der Waals surface area contributed by atoms with E-state index in [4.69, 9.17) is 20.4 Å². The Morgan fingerprint density at radius 3 is 2.75 bits per heavy atom. The molecule has 0 spiro atoms. The molecule has 1 aliphatic rings. The maximum atomic E-state index is 12.0. The molecule has 0 saturated heterocycles. The minimum atomic E-state index is -0.341. The average molecular weight is 411 g/mol. The molecule has 28 heavy (non-hydrogen) atoms. The van der Waals surface area contributed by atoms with Crippen LogP contribution in [-0.4, -0.2) is 10.2 Å². The summed E-state index contributed by atoms with van der Waals surface area (Å²) in [4.78, 5) is 12.0. The van der Waals surface area contributed by atoms with Crippen LogP contribution in [0.5, 0.6) is 0 Å². The molecule has 5 rings (SSSR count). The summed E-state index contributed by atoms with van der Waals surface area (Å²) in [6.45, 7) is 0. The lowest BCUT2D eigenvalue weighted by atomic mass is 10.0. The van der Waals surface area contributed by atoms with Gasteiger partial charge in [-0.1, -0.05) is 29.4 Å². The van der Waals surface area contributed by atoms with Crippen LogP contribution in [-0.2, 0) is 18.6 Å². The smallest absolute Gasteiger partial charge is 0.336 e. The number of halogens is 1. The number of hydrogen-bond acceptors (Lipinski definition) is 6. The van der Waals surface area contributed by atoms with Gasteiger partial charge in [0.1, 0.15) is 5.58 Å². The fourth-order valence-corrected chi connectivity index (χ4v) is 4.50. The summed E-state index contributed by atoms with van der Waals surface area (Å²) in [6.07, 6.45) is 3.26. The molecule has 7 heteroatoms. The Hall–Kier alpha value is -2.57. The van der Waals surface area contributed by atoms with Crippen molar-refractivity contribution in [1.29, 1.82) is 0 Å². The molecule has 2 aromatic carbocycles. The number of aromatic nitrogens is 2. The zero-order valence-electron chi connectivity index (χ0n) is 14.8. The van der Waals surface area contributed by atoms with Crippen molar-refractivity contribution in [2.24, 2.45) is 0 Å². The fraction of sp³-hybridized carbons (Fsp3) is 0.190. The van der Waals surface area contributed by atoms with E-state index in [1.54, 1.807) is 18.2 Å². The van der Waals surface area contributed by atoms with Gasteiger partial charge in [0.05, 0.1) is 0 Å². The van der Waals surface area contributed by atoms with Gasteiger partial charge < -0.3 is 8.83 Å². The number of thioether (sulfide) groups is 1. The van der Waals surface area contributed by atoms with E-state index in [-0.39, 0.29) is 5.63 Å². The Morgan fingerprint density at radius 1 is 1.04 bits per heavy atom. The molecule has 140 valence electrons. The summed E-state index contributed by atoms with van der Waals surface area (Å²) in [5.41, 5.74) is 4.61. The van der Waals surface area contributed by atoms with E-state index >= 15 is 0 Å². The second-order valence-corrected chi connectivity index (χ2v) is 8.10. The summed E-state index contributed by atoms with van der Waals surface area (Å²) in [5, 5.41) is 10.2. The monoisotopic (exact) mass is 410 g/mol. The SMILES string of the molecule is O=c1cc(CSc2nnc(-c3cccc(Cl)c3)o2)c2cc3c(cc2o1)CCC3. The Bertz CT molecular complexity index is 1250. The predicted molar refractivity (Wildman–Crippen MR) is 109 cm³/mol. The molecule has 0 unspecified atom stereocenters. The topological polar surface area (TPSA) is 69.1 Å². The van der Waals surface area contributed by atoms with Gasteiger partial charge in [-0.3, -0.25) is 0 Å². The maximum Gasteiger partial charge on any atom is 0.336 e. The van der Waals surface area contributed by atoms with Gasteiger partial charge in [-0.05, 0) is 66.3 Å². The van der Waals surface area contributed by atoms with Gasteiger partial charge in [-0.2, -0.15) is 0 Å². The van der Waals surface area contributed by atoms with Crippen LogP contribution < -0.4 is 5.63 Å². The molecule has 0 bridgehead atoms. The van der Waals surface area contributed by atoms with Gasteiger partial charge in [0.25, 0.3) is 5.22 Å². The quantitative estimate of drug-likeness (QED) is 0.337. The molecule has 0 atom stereocenters. The second-order valence-electron chi connectivity index (χ2n) is 6.73. The van der Waals surface area contributed by atoms with Gasteiger partial charge in [0.15, 0.2) is 0 Å². The summed E-state index contributed by atoms with van der Waals surface area (Å²) >= 11 is 7.42. The second kappa shape index (κ2) is 7.11. The molecule has 0 saturated carbocycles. The van der Waals surface area contributed by atoms with Crippen LogP contribution in [0.4, 0.5) is 0 Å². The lowest BCUT2D eigenvalue weighted by Gasteiger charge is -2.07. The third-order valence-corrected chi connectivity index (χ3v) is 5.97. The van der Waals surface area contributed by atoms with Crippen molar-refractivity contribution in [2.45, 2.75) is 30.2 Å². The molecule has 4 aromatic rings. The first-order valence-corrected chi connectivity index (χ1v) is 10.3. The average Bonchev–Trinajstić information content (AvgIpc) is 3.33.